The summed E-state index contributed by atoms with van der Waals surface area (Å²) >= 11 is 0. The first-order valence-corrected chi connectivity index (χ1v) is 2.51. The highest BCUT2D eigenvalue weighted by Crippen LogP contribution is 2.00. The summed E-state index contributed by atoms with van der Waals surface area (Å²) < 4.78 is 4.87. The predicted octanol–water partition coefficient (Wildman–Crippen LogP) is -0.706. The molecule has 0 saturated carbocycles. The summed E-state index contributed by atoms with van der Waals surface area (Å²) in [6, 6.07) is 0. The van der Waals surface area contributed by atoms with Crippen molar-refractivity contribution in [2.24, 2.45) is 11.5 Å². The van der Waals surface area contributed by atoms with Gasteiger partial charge in [-0.2, -0.15) is 0 Å². The molecule has 1 heterocycles. The van der Waals surface area contributed by atoms with E-state index in [1.807, 2.05) is 0 Å². The molecule has 0 amide bonds. The van der Waals surface area contributed by atoms with Crippen molar-refractivity contribution in [1.29, 1.82) is 0 Å². The zero-order chi connectivity index (χ0) is 6.85. The Kier molecular flexibility index (Phi) is 1.46. The summed E-state index contributed by atoms with van der Waals surface area (Å²) in [7, 11) is 0. The van der Waals surface area contributed by atoms with E-state index >= 15 is 0 Å². The maximum absolute atomic E-state index is 5.21. The fourth-order valence-electron chi connectivity index (χ4n) is 0.447. The molecule has 5 heteroatoms. The highest BCUT2D eigenvalue weighted by atomic mass is 16.4. The number of hydrogen-bond donors (Lipinski definition) is 2. The van der Waals surface area contributed by atoms with E-state index in [1.165, 1.54) is 0 Å². The second-order valence-electron chi connectivity index (χ2n) is 1.69. The van der Waals surface area contributed by atoms with Crippen molar-refractivity contribution in [3.05, 3.63) is 11.8 Å². The molecule has 1 aromatic heterocycles. The summed E-state index contributed by atoms with van der Waals surface area (Å²) in [6.45, 7) is 1.68. The Bertz CT molecular complexity index is 194. The van der Waals surface area contributed by atoms with E-state index in [2.05, 4.69) is 10.2 Å². The van der Waals surface area contributed by atoms with Crippen LogP contribution in [-0.2, 0) is 0 Å². The fourth-order valence-corrected chi connectivity index (χ4v) is 0.447. The molecule has 0 aliphatic heterocycles. The predicted molar refractivity (Wildman–Crippen MR) is 30.2 cm³/mol. The van der Waals surface area contributed by atoms with Crippen LogP contribution < -0.4 is 11.5 Å². The van der Waals surface area contributed by atoms with Crippen molar-refractivity contribution >= 4 is 0 Å². The van der Waals surface area contributed by atoms with E-state index in [4.69, 9.17) is 15.9 Å². The van der Waals surface area contributed by atoms with Crippen LogP contribution in [0.2, 0.25) is 0 Å². The van der Waals surface area contributed by atoms with Gasteiger partial charge >= 0.3 is 0 Å². The van der Waals surface area contributed by atoms with E-state index in [9.17, 15) is 0 Å². The van der Waals surface area contributed by atoms with Gasteiger partial charge in [0.25, 0.3) is 0 Å². The summed E-state index contributed by atoms with van der Waals surface area (Å²) in [5.74, 6) is 0.749. The molecule has 4 N–H and O–H groups in total. The number of aromatic nitrogens is 2. The van der Waals surface area contributed by atoms with E-state index in [1.54, 1.807) is 6.92 Å². The molecule has 0 saturated heterocycles. The number of aryl methyl sites for hydroxylation is 1. The summed E-state index contributed by atoms with van der Waals surface area (Å²) in [5, 5.41) is 7.11. The average Bonchev–Trinajstić information content (AvgIpc) is 2.14. The van der Waals surface area contributed by atoms with Gasteiger partial charge in [0.05, 0.1) is 0 Å². The Morgan fingerprint density at radius 3 is 2.33 bits per heavy atom. The van der Waals surface area contributed by atoms with Crippen LogP contribution in [0.15, 0.2) is 4.42 Å². The van der Waals surface area contributed by atoms with Crippen molar-refractivity contribution in [2.75, 3.05) is 0 Å². The van der Waals surface area contributed by atoms with E-state index in [0.29, 0.717) is 5.89 Å². The molecule has 0 atom stereocenters. The van der Waals surface area contributed by atoms with Crippen LogP contribution in [0.4, 0.5) is 0 Å². The monoisotopic (exact) mass is 128 g/mol. The van der Waals surface area contributed by atoms with E-state index in [0.717, 1.165) is 0 Å². The second-order valence-corrected chi connectivity index (χ2v) is 1.69. The van der Waals surface area contributed by atoms with Crippen molar-refractivity contribution in [2.45, 2.75) is 13.1 Å². The third kappa shape index (κ3) is 1.24. The molecule has 50 valence electrons. The Hall–Kier alpha value is -0.940. The maximum Gasteiger partial charge on any atom is 0.247 e. The van der Waals surface area contributed by atoms with Gasteiger partial charge in [-0.15, -0.1) is 10.2 Å². The Morgan fingerprint density at radius 1 is 1.44 bits per heavy atom. The van der Waals surface area contributed by atoms with Gasteiger partial charge < -0.3 is 15.9 Å². The van der Waals surface area contributed by atoms with Crippen LogP contribution in [-0.4, -0.2) is 10.2 Å². The topological polar surface area (TPSA) is 91.0 Å². The third-order valence-electron chi connectivity index (χ3n) is 0.827. The molecule has 0 bridgehead atoms. The number of hydrogen-bond acceptors (Lipinski definition) is 5. The lowest BCUT2D eigenvalue weighted by Gasteiger charge is -1.93. The van der Waals surface area contributed by atoms with Crippen LogP contribution in [0.3, 0.4) is 0 Å². The van der Waals surface area contributed by atoms with Gasteiger partial charge in [0, 0.05) is 6.92 Å². The average molecular weight is 128 g/mol. The molecular formula is C4H8N4O. The molecule has 1 rings (SSSR count). The van der Waals surface area contributed by atoms with Crippen molar-refractivity contribution < 1.29 is 4.42 Å². The molecule has 0 aromatic carbocycles. The molecule has 0 unspecified atom stereocenters. The highest BCUT2D eigenvalue weighted by molar-refractivity contribution is 4.83. The molecule has 0 fully saturated rings. The summed E-state index contributed by atoms with van der Waals surface area (Å²) in [6.07, 6.45) is -0.661. The summed E-state index contributed by atoms with van der Waals surface area (Å²) in [4.78, 5) is 0. The van der Waals surface area contributed by atoms with Gasteiger partial charge in [-0.3, -0.25) is 0 Å². The van der Waals surface area contributed by atoms with Crippen molar-refractivity contribution in [3.63, 3.8) is 0 Å². The molecule has 9 heavy (non-hydrogen) atoms. The lowest BCUT2D eigenvalue weighted by molar-refractivity contribution is 0.435. The Balaban J connectivity index is 2.85. The van der Waals surface area contributed by atoms with Crippen LogP contribution in [0.5, 0.6) is 0 Å². The van der Waals surface area contributed by atoms with Crippen molar-refractivity contribution in [1.82, 2.24) is 10.2 Å². The van der Waals surface area contributed by atoms with Gasteiger partial charge in [-0.25, -0.2) is 0 Å². The second kappa shape index (κ2) is 2.12. The lowest BCUT2D eigenvalue weighted by Crippen LogP contribution is -2.20. The largest absolute Gasteiger partial charge is 0.422 e. The normalized spacial score (nSPS) is 10.7. The van der Waals surface area contributed by atoms with Crippen molar-refractivity contribution in [3.8, 4) is 0 Å². The Labute approximate surface area is 52.0 Å². The zero-order valence-corrected chi connectivity index (χ0v) is 5.03. The van der Waals surface area contributed by atoms with E-state index in [-0.39, 0.29) is 5.89 Å². The minimum atomic E-state index is -0.661. The molecule has 0 aliphatic rings. The van der Waals surface area contributed by atoms with Crippen LogP contribution >= 0.6 is 0 Å². The van der Waals surface area contributed by atoms with Crippen LogP contribution in [0, 0.1) is 6.92 Å². The lowest BCUT2D eigenvalue weighted by atomic mass is 10.5. The van der Waals surface area contributed by atoms with Crippen LogP contribution in [0.25, 0.3) is 0 Å². The van der Waals surface area contributed by atoms with Gasteiger partial charge in [-0.1, -0.05) is 0 Å². The highest BCUT2D eigenvalue weighted by Gasteiger charge is 2.05. The minimum absolute atomic E-state index is 0.271. The quantitative estimate of drug-likeness (QED) is 0.488. The first kappa shape index (κ1) is 6.18. The molecule has 0 radical (unpaired) electrons. The van der Waals surface area contributed by atoms with E-state index < -0.39 is 6.17 Å². The standard InChI is InChI=1S/C4H8N4O/c1-2-7-8-4(9-2)3(5)6/h3H,5-6H2,1H3. The van der Waals surface area contributed by atoms with Gasteiger partial charge in [0.1, 0.15) is 6.17 Å². The van der Waals surface area contributed by atoms with Crippen LogP contribution in [0.1, 0.15) is 17.9 Å². The number of nitrogens with two attached hydrogens (primary N) is 2. The van der Waals surface area contributed by atoms with Gasteiger partial charge in [0.15, 0.2) is 0 Å². The molecule has 5 nitrogen and oxygen atoms in total. The summed E-state index contributed by atoms with van der Waals surface area (Å²) in [5.41, 5.74) is 10.4. The van der Waals surface area contributed by atoms with Gasteiger partial charge in [0.2, 0.25) is 11.8 Å². The van der Waals surface area contributed by atoms with Gasteiger partial charge in [-0.05, 0) is 0 Å². The minimum Gasteiger partial charge on any atom is -0.422 e. The Morgan fingerprint density at radius 2 is 2.11 bits per heavy atom. The SMILES string of the molecule is Cc1nnc(C(N)N)o1. The molecule has 0 aliphatic carbocycles. The fraction of sp³-hybridized carbons (Fsp3) is 0.500. The smallest absolute Gasteiger partial charge is 0.247 e. The maximum atomic E-state index is 5.21. The number of nitrogens with zero attached hydrogens (tertiary/aromatic N) is 2. The number of rotatable bonds is 1. The first-order chi connectivity index (χ1) is 4.20. The molecular weight excluding hydrogens is 120 g/mol. The molecule has 1 aromatic rings. The zero-order valence-electron chi connectivity index (χ0n) is 5.03. The first-order valence-electron chi connectivity index (χ1n) is 2.51. The molecule has 0 spiro atoms. The third-order valence-corrected chi connectivity index (χ3v) is 0.827.